The van der Waals surface area contributed by atoms with Crippen molar-refractivity contribution in [1.29, 1.82) is 0 Å². The summed E-state index contributed by atoms with van der Waals surface area (Å²) in [7, 11) is 0. The summed E-state index contributed by atoms with van der Waals surface area (Å²) in [4.78, 5) is 2.41. The lowest BCUT2D eigenvalue weighted by Gasteiger charge is -2.28. The van der Waals surface area contributed by atoms with Crippen LogP contribution in [0.15, 0.2) is 253 Å². The highest BCUT2D eigenvalue weighted by Crippen LogP contribution is 2.45. The van der Waals surface area contributed by atoms with Crippen molar-refractivity contribution in [3.63, 3.8) is 0 Å². The molecule has 0 saturated heterocycles. The number of hydrogen-bond acceptors (Lipinski definition) is 2. The van der Waals surface area contributed by atoms with Gasteiger partial charge in [-0.1, -0.05) is 206 Å². The third-order valence-electron chi connectivity index (χ3n) is 12.7. The zero-order valence-corrected chi connectivity index (χ0v) is 35.0. The predicted octanol–water partition coefficient (Wildman–Crippen LogP) is 17.7. The van der Waals surface area contributed by atoms with Crippen molar-refractivity contribution < 1.29 is 4.42 Å². The van der Waals surface area contributed by atoms with Gasteiger partial charge in [-0.25, -0.2) is 0 Å². The fraction of sp³-hybridized carbons (Fsp3) is 0. The lowest BCUT2D eigenvalue weighted by atomic mass is 9.96. The minimum atomic E-state index is 0.879. The number of fused-ring (bicyclic) bond motifs is 5. The molecule has 12 rings (SSSR count). The van der Waals surface area contributed by atoms with Gasteiger partial charge in [-0.3, -0.25) is 0 Å². The number of para-hydroxylation sites is 1. The Hall–Kier alpha value is -8.46. The van der Waals surface area contributed by atoms with Crippen LogP contribution in [-0.2, 0) is 0 Å². The van der Waals surface area contributed by atoms with Gasteiger partial charge in [0.05, 0.1) is 5.69 Å². The van der Waals surface area contributed by atoms with Gasteiger partial charge in [-0.05, 0) is 108 Å². The van der Waals surface area contributed by atoms with Gasteiger partial charge in [0, 0.05) is 33.3 Å². The van der Waals surface area contributed by atoms with Crippen LogP contribution in [0.25, 0.3) is 99.1 Å². The molecule has 0 fully saturated rings. The number of furan rings is 1. The summed E-state index contributed by atoms with van der Waals surface area (Å²) >= 11 is 0. The van der Waals surface area contributed by atoms with Crippen molar-refractivity contribution in [3.05, 3.63) is 249 Å². The molecule has 1 aromatic heterocycles. The molecule has 0 aliphatic carbocycles. The summed E-state index contributed by atoms with van der Waals surface area (Å²) in [5.74, 6) is 0.879. The van der Waals surface area contributed by atoms with Gasteiger partial charge in [-0.15, -0.1) is 0 Å². The molecule has 2 heteroatoms. The van der Waals surface area contributed by atoms with Crippen LogP contribution in [0.3, 0.4) is 0 Å². The first kappa shape index (κ1) is 37.3. The molecule has 2 nitrogen and oxygen atoms in total. The third kappa shape index (κ3) is 6.61. The van der Waals surface area contributed by atoms with E-state index in [4.69, 9.17) is 4.42 Å². The molecule has 0 aliphatic heterocycles. The van der Waals surface area contributed by atoms with E-state index in [9.17, 15) is 0 Å². The first-order valence-corrected chi connectivity index (χ1v) is 21.9. The number of rotatable bonds is 8. The van der Waals surface area contributed by atoms with Crippen molar-refractivity contribution in [2.45, 2.75) is 0 Å². The number of nitrogens with zero attached hydrogens (tertiary/aromatic N) is 1. The monoisotopic (exact) mass is 815 g/mol. The van der Waals surface area contributed by atoms with Crippen LogP contribution in [0.1, 0.15) is 0 Å². The average Bonchev–Trinajstić information content (AvgIpc) is 3.77. The van der Waals surface area contributed by atoms with Crippen LogP contribution < -0.4 is 4.90 Å². The normalized spacial score (nSPS) is 11.4. The maximum absolute atomic E-state index is 6.61. The summed E-state index contributed by atoms with van der Waals surface area (Å²) in [6.07, 6.45) is 0. The Morgan fingerprint density at radius 1 is 0.281 bits per heavy atom. The maximum Gasteiger partial charge on any atom is 0.143 e. The van der Waals surface area contributed by atoms with Crippen molar-refractivity contribution in [3.8, 4) is 55.8 Å². The molecular weight excluding hydrogens is 775 g/mol. The fourth-order valence-electron chi connectivity index (χ4n) is 9.55. The smallest absolute Gasteiger partial charge is 0.143 e. The van der Waals surface area contributed by atoms with Crippen LogP contribution in [0.5, 0.6) is 0 Å². The molecule has 0 bridgehead atoms. The summed E-state index contributed by atoms with van der Waals surface area (Å²) in [6, 6.07) is 89.5. The minimum Gasteiger partial charge on any atom is -0.455 e. The average molecular weight is 816 g/mol. The SMILES string of the molecule is c1ccc(-c2c(-c3cccc(-c4ccc(N(c5ccc(-c6ccc(-c7cccc8ccccc78)cc6)cc5)c5cc6ccccc6c6ccccc56)cc4)c3)oc3ccccc23)cc1. The van der Waals surface area contributed by atoms with E-state index in [0.29, 0.717) is 0 Å². The molecule has 0 N–H and O–H groups in total. The van der Waals surface area contributed by atoms with Gasteiger partial charge in [0.15, 0.2) is 0 Å². The standard InChI is InChI=1S/C62H41NO/c1-2-15-47(16-3-1)61-58-25-10-11-27-60(58)64-62(61)50-20-12-19-48(40-50)44-34-38-52(39-35-44)63(59-41-49-17-5-7-22-55(49)56-23-8-9-24-57(56)59)51-36-32-43(33-37-51)42-28-30-46(31-29-42)54-26-13-18-45-14-4-6-21-53(45)54/h1-41H. The largest absolute Gasteiger partial charge is 0.455 e. The van der Waals surface area contributed by atoms with Gasteiger partial charge >= 0.3 is 0 Å². The first-order valence-electron chi connectivity index (χ1n) is 21.9. The first-order chi connectivity index (χ1) is 31.7. The van der Waals surface area contributed by atoms with Crippen molar-refractivity contribution in [2.24, 2.45) is 0 Å². The highest BCUT2D eigenvalue weighted by atomic mass is 16.3. The molecule has 0 spiro atoms. The molecule has 1 heterocycles. The lowest BCUT2D eigenvalue weighted by Crippen LogP contribution is -2.10. The molecule has 0 amide bonds. The van der Waals surface area contributed by atoms with Crippen LogP contribution >= 0.6 is 0 Å². The summed E-state index contributed by atoms with van der Waals surface area (Å²) in [5, 5.41) is 8.53. The molecule has 64 heavy (non-hydrogen) atoms. The van der Waals surface area contributed by atoms with E-state index in [1.165, 1.54) is 54.6 Å². The van der Waals surface area contributed by atoms with Gasteiger partial charge in [0.1, 0.15) is 11.3 Å². The zero-order chi connectivity index (χ0) is 42.4. The Labute approximate surface area is 372 Å². The second-order valence-electron chi connectivity index (χ2n) is 16.4. The molecule has 0 atom stereocenters. The van der Waals surface area contributed by atoms with Crippen molar-refractivity contribution >= 4 is 60.3 Å². The van der Waals surface area contributed by atoms with Gasteiger partial charge in [-0.2, -0.15) is 0 Å². The van der Waals surface area contributed by atoms with Gasteiger partial charge in [0.2, 0.25) is 0 Å². The second kappa shape index (κ2) is 15.8. The number of hydrogen-bond donors (Lipinski definition) is 0. The maximum atomic E-state index is 6.61. The minimum absolute atomic E-state index is 0.879. The molecule has 11 aromatic carbocycles. The molecule has 0 saturated carbocycles. The second-order valence-corrected chi connectivity index (χ2v) is 16.4. The molecular formula is C62H41NO. The van der Waals surface area contributed by atoms with Gasteiger partial charge < -0.3 is 9.32 Å². The predicted molar refractivity (Wildman–Crippen MR) is 271 cm³/mol. The third-order valence-corrected chi connectivity index (χ3v) is 12.7. The van der Waals surface area contributed by atoms with Gasteiger partial charge in [0.25, 0.3) is 0 Å². The molecule has 0 radical (unpaired) electrons. The summed E-state index contributed by atoms with van der Waals surface area (Å²) < 4.78 is 6.61. The molecule has 300 valence electrons. The van der Waals surface area contributed by atoms with E-state index in [1.807, 2.05) is 6.07 Å². The Kier molecular flexibility index (Phi) is 9.20. The summed E-state index contributed by atoms with van der Waals surface area (Å²) in [5.41, 5.74) is 14.6. The lowest BCUT2D eigenvalue weighted by molar-refractivity contribution is 0.632. The topological polar surface area (TPSA) is 16.4 Å². The van der Waals surface area contributed by atoms with Crippen LogP contribution in [0, 0.1) is 0 Å². The van der Waals surface area contributed by atoms with E-state index in [0.717, 1.165) is 61.6 Å². The van der Waals surface area contributed by atoms with E-state index in [1.54, 1.807) is 0 Å². The number of anilines is 3. The number of benzene rings is 11. The van der Waals surface area contributed by atoms with E-state index in [2.05, 4.69) is 248 Å². The summed E-state index contributed by atoms with van der Waals surface area (Å²) in [6.45, 7) is 0. The Bertz CT molecular complexity index is 3630. The zero-order valence-electron chi connectivity index (χ0n) is 35.0. The van der Waals surface area contributed by atoms with E-state index >= 15 is 0 Å². The highest BCUT2D eigenvalue weighted by molar-refractivity contribution is 6.14. The van der Waals surface area contributed by atoms with Crippen molar-refractivity contribution in [1.82, 2.24) is 0 Å². The Balaban J connectivity index is 0.929. The highest BCUT2D eigenvalue weighted by Gasteiger charge is 2.20. The Morgan fingerprint density at radius 3 is 1.52 bits per heavy atom. The van der Waals surface area contributed by atoms with Crippen LogP contribution in [0.2, 0.25) is 0 Å². The van der Waals surface area contributed by atoms with E-state index in [-0.39, 0.29) is 0 Å². The van der Waals surface area contributed by atoms with Crippen molar-refractivity contribution in [2.75, 3.05) is 4.90 Å². The van der Waals surface area contributed by atoms with Crippen LogP contribution in [-0.4, -0.2) is 0 Å². The molecule has 0 unspecified atom stereocenters. The quantitative estimate of drug-likeness (QED) is 0.142. The fourth-order valence-corrected chi connectivity index (χ4v) is 9.55. The van der Waals surface area contributed by atoms with E-state index < -0.39 is 0 Å². The Morgan fingerprint density at radius 2 is 0.781 bits per heavy atom. The molecule has 0 aliphatic rings. The molecule has 12 aromatic rings. The van der Waals surface area contributed by atoms with Crippen LogP contribution in [0.4, 0.5) is 17.1 Å².